The van der Waals surface area contributed by atoms with E-state index in [0.717, 1.165) is 12.3 Å². The van der Waals surface area contributed by atoms with Crippen molar-refractivity contribution in [2.45, 2.75) is 32.5 Å². The van der Waals surface area contributed by atoms with Gasteiger partial charge in [-0.25, -0.2) is 9.78 Å². The number of pyridine rings is 1. The molecular weight excluding hydrogens is 457 g/mol. The monoisotopic (exact) mass is 478 g/mol. The van der Waals surface area contributed by atoms with Crippen LogP contribution in [0.15, 0.2) is 48.0 Å². The molecule has 3 rings (SSSR count). The highest BCUT2D eigenvalue weighted by atomic mass is 32.1. The standard InChI is InChI=1S/C22H21F3N4O3S/c1-21(2,3)32-20(31)27-11-18(30)29-19-28-16(12-33-19)15-6-4-5-13(9-15)14-7-8-26-17(10-14)22(23,24)25/h4-10,12H,11H2,1-3H3,(H,27,31)(H,28,29,30). The number of benzene rings is 1. The van der Waals surface area contributed by atoms with Crippen molar-refractivity contribution in [1.29, 1.82) is 0 Å². The number of rotatable bonds is 5. The zero-order valence-corrected chi connectivity index (χ0v) is 18.8. The second kappa shape index (κ2) is 9.57. The molecule has 3 aromatic rings. The molecule has 2 amide bonds. The number of alkyl halides is 3. The smallest absolute Gasteiger partial charge is 0.433 e. The van der Waals surface area contributed by atoms with Crippen LogP contribution in [0.1, 0.15) is 26.5 Å². The highest BCUT2D eigenvalue weighted by Crippen LogP contribution is 2.32. The van der Waals surface area contributed by atoms with Crippen molar-refractivity contribution < 1.29 is 27.5 Å². The van der Waals surface area contributed by atoms with Crippen LogP contribution in [0.5, 0.6) is 0 Å². The zero-order chi connectivity index (χ0) is 24.2. The van der Waals surface area contributed by atoms with Crippen LogP contribution in [0.2, 0.25) is 0 Å². The van der Waals surface area contributed by atoms with E-state index in [1.54, 1.807) is 50.4 Å². The van der Waals surface area contributed by atoms with Crippen LogP contribution < -0.4 is 10.6 Å². The first-order valence-electron chi connectivity index (χ1n) is 9.77. The molecule has 1 aromatic carbocycles. The minimum Gasteiger partial charge on any atom is -0.444 e. The van der Waals surface area contributed by atoms with Gasteiger partial charge in [0.05, 0.1) is 5.69 Å². The summed E-state index contributed by atoms with van der Waals surface area (Å²) in [4.78, 5) is 31.4. The Morgan fingerprint density at radius 1 is 1.06 bits per heavy atom. The number of anilines is 1. The van der Waals surface area contributed by atoms with Crippen molar-refractivity contribution >= 4 is 28.5 Å². The molecule has 0 unspecified atom stereocenters. The summed E-state index contributed by atoms with van der Waals surface area (Å²) in [6.45, 7) is 4.84. The van der Waals surface area contributed by atoms with Crippen molar-refractivity contribution in [2.24, 2.45) is 0 Å². The molecule has 2 N–H and O–H groups in total. The first-order chi connectivity index (χ1) is 15.4. The summed E-state index contributed by atoms with van der Waals surface area (Å²) in [7, 11) is 0. The predicted molar refractivity (Wildman–Crippen MR) is 119 cm³/mol. The molecule has 11 heteroatoms. The SMILES string of the molecule is CC(C)(C)OC(=O)NCC(=O)Nc1nc(-c2cccc(-c3ccnc(C(F)(F)F)c3)c2)cs1. The minimum absolute atomic E-state index is 0.289. The summed E-state index contributed by atoms with van der Waals surface area (Å²) < 4.78 is 44.0. The number of aromatic nitrogens is 2. The molecule has 33 heavy (non-hydrogen) atoms. The molecular formula is C22H21F3N4O3S. The molecule has 0 saturated carbocycles. The van der Waals surface area contributed by atoms with Crippen LogP contribution in [0.4, 0.5) is 23.1 Å². The molecule has 0 atom stereocenters. The molecule has 2 heterocycles. The number of thiazole rings is 1. The molecule has 0 spiro atoms. The van der Waals surface area contributed by atoms with Gasteiger partial charge in [0, 0.05) is 17.1 Å². The van der Waals surface area contributed by atoms with Gasteiger partial charge in [0.25, 0.3) is 0 Å². The normalized spacial score (nSPS) is 11.7. The zero-order valence-electron chi connectivity index (χ0n) is 18.0. The second-order valence-corrected chi connectivity index (χ2v) is 8.81. The molecule has 7 nitrogen and oxygen atoms in total. The summed E-state index contributed by atoms with van der Waals surface area (Å²) in [5, 5.41) is 6.97. The molecule has 174 valence electrons. The Morgan fingerprint density at radius 2 is 1.76 bits per heavy atom. The molecule has 0 saturated heterocycles. The van der Waals surface area contributed by atoms with Crippen molar-refractivity contribution in [3.8, 4) is 22.4 Å². The van der Waals surface area contributed by atoms with Crippen LogP contribution in [0, 0.1) is 0 Å². The first kappa shape index (κ1) is 24.2. The van der Waals surface area contributed by atoms with Crippen molar-refractivity contribution in [3.63, 3.8) is 0 Å². The molecule has 0 aliphatic heterocycles. The molecule has 0 aliphatic rings. The topological polar surface area (TPSA) is 93.2 Å². The predicted octanol–water partition coefficient (Wildman–Crippen LogP) is 5.35. The number of carbonyl (C=O) groups is 2. The number of carbonyl (C=O) groups excluding carboxylic acids is 2. The lowest BCUT2D eigenvalue weighted by molar-refractivity contribution is -0.141. The second-order valence-electron chi connectivity index (χ2n) is 7.95. The summed E-state index contributed by atoms with van der Waals surface area (Å²) >= 11 is 1.18. The Balaban J connectivity index is 1.68. The average molecular weight is 478 g/mol. The number of amides is 2. The van der Waals surface area contributed by atoms with E-state index in [1.165, 1.54) is 17.4 Å². The van der Waals surface area contributed by atoms with E-state index >= 15 is 0 Å². The fourth-order valence-corrected chi connectivity index (χ4v) is 3.45. The lowest BCUT2D eigenvalue weighted by atomic mass is 10.0. The summed E-state index contributed by atoms with van der Waals surface area (Å²) in [6, 6.07) is 9.36. The van der Waals surface area contributed by atoms with E-state index in [1.807, 2.05) is 0 Å². The number of hydrogen-bond donors (Lipinski definition) is 2. The van der Waals surface area contributed by atoms with Crippen LogP contribution in [0.3, 0.4) is 0 Å². The average Bonchev–Trinajstić information content (AvgIpc) is 3.19. The number of alkyl carbamates (subject to hydrolysis) is 1. The maximum atomic E-state index is 13.0. The van der Waals surface area contributed by atoms with Crippen LogP contribution >= 0.6 is 11.3 Å². The maximum absolute atomic E-state index is 13.0. The van der Waals surface area contributed by atoms with E-state index in [2.05, 4.69) is 20.6 Å². The maximum Gasteiger partial charge on any atom is 0.433 e. The first-order valence-corrected chi connectivity index (χ1v) is 10.6. The number of halogens is 3. The summed E-state index contributed by atoms with van der Waals surface area (Å²) in [5.41, 5.74) is 0.508. The fourth-order valence-electron chi connectivity index (χ4n) is 2.72. The van der Waals surface area contributed by atoms with Crippen molar-refractivity contribution in [1.82, 2.24) is 15.3 Å². The lowest BCUT2D eigenvalue weighted by Crippen LogP contribution is -2.37. The highest BCUT2D eigenvalue weighted by Gasteiger charge is 2.32. The van der Waals surface area contributed by atoms with E-state index in [0.29, 0.717) is 27.5 Å². The van der Waals surface area contributed by atoms with E-state index in [9.17, 15) is 22.8 Å². The lowest BCUT2D eigenvalue weighted by Gasteiger charge is -2.19. The van der Waals surface area contributed by atoms with E-state index < -0.39 is 29.5 Å². The van der Waals surface area contributed by atoms with Gasteiger partial charge in [-0.3, -0.25) is 9.78 Å². The van der Waals surface area contributed by atoms with Gasteiger partial charge in [-0.05, 0) is 50.1 Å². The van der Waals surface area contributed by atoms with Gasteiger partial charge in [0.2, 0.25) is 5.91 Å². The van der Waals surface area contributed by atoms with Crippen LogP contribution in [-0.4, -0.2) is 34.1 Å². The molecule has 0 radical (unpaired) electrons. The Hall–Kier alpha value is -3.47. The fraction of sp³-hybridized carbons (Fsp3) is 0.273. The van der Waals surface area contributed by atoms with Crippen molar-refractivity contribution in [2.75, 3.05) is 11.9 Å². The van der Waals surface area contributed by atoms with E-state index in [4.69, 9.17) is 4.74 Å². The Kier molecular flexibility index (Phi) is 7.01. The third-order valence-corrected chi connectivity index (χ3v) is 4.84. The quantitative estimate of drug-likeness (QED) is 0.515. The Bertz CT molecular complexity index is 1160. The molecule has 0 fully saturated rings. The third kappa shape index (κ3) is 7.01. The van der Waals surface area contributed by atoms with Gasteiger partial charge >= 0.3 is 12.3 Å². The number of nitrogens with zero attached hydrogens (tertiary/aromatic N) is 2. The largest absolute Gasteiger partial charge is 0.444 e. The van der Waals surface area contributed by atoms with Gasteiger partial charge in [-0.15, -0.1) is 11.3 Å². The Morgan fingerprint density at radius 3 is 2.45 bits per heavy atom. The van der Waals surface area contributed by atoms with Gasteiger partial charge in [0.1, 0.15) is 17.8 Å². The third-order valence-electron chi connectivity index (χ3n) is 4.08. The number of hydrogen-bond acceptors (Lipinski definition) is 6. The highest BCUT2D eigenvalue weighted by molar-refractivity contribution is 7.14. The summed E-state index contributed by atoms with van der Waals surface area (Å²) in [5.74, 6) is -0.480. The molecule has 2 aromatic heterocycles. The Labute approximate surface area is 192 Å². The van der Waals surface area contributed by atoms with Gasteiger partial charge in [-0.2, -0.15) is 13.2 Å². The van der Waals surface area contributed by atoms with Crippen LogP contribution in [0.25, 0.3) is 22.4 Å². The van der Waals surface area contributed by atoms with Gasteiger partial charge < -0.3 is 15.4 Å². The molecule has 0 aliphatic carbocycles. The van der Waals surface area contributed by atoms with Gasteiger partial charge in [0.15, 0.2) is 5.13 Å². The number of nitrogens with one attached hydrogen (secondary N) is 2. The van der Waals surface area contributed by atoms with E-state index in [-0.39, 0.29) is 6.54 Å². The van der Waals surface area contributed by atoms with Crippen molar-refractivity contribution in [3.05, 3.63) is 53.7 Å². The summed E-state index contributed by atoms with van der Waals surface area (Å²) in [6.07, 6.45) is -4.13. The minimum atomic E-state index is -4.53. The number of ether oxygens (including phenoxy) is 1. The molecule has 0 bridgehead atoms. The van der Waals surface area contributed by atoms with Gasteiger partial charge in [-0.1, -0.05) is 18.2 Å². The van der Waals surface area contributed by atoms with Crippen LogP contribution in [-0.2, 0) is 15.7 Å².